The van der Waals surface area contributed by atoms with Crippen LogP contribution in [0.4, 0.5) is 13.2 Å². The Morgan fingerprint density at radius 1 is 1.41 bits per heavy atom. The number of hydrogen-bond acceptors (Lipinski definition) is 1. The van der Waals surface area contributed by atoms with Crippen molar-refractivity contribution in [1.82, 2.24) is 10.6 Å². The van der Waals surface area contributed by atoms with Gasteiger partial charge < -0.3 is 10.6 Å². The Morgan fingerprint density at radius 2 is 2.14 bits per heavy atom. The number of aliphatic imine (C=N–C) groups is 1. The molecule has 2 atom stereocenters. The lowest BCUT2D eigenvalue weighted by Gasteiger charge is -2.13. The van der Waals surface area contributed by atoms with Gasteiger partial charge in [-0.25, -0.2) is 0 Å². The summed E-state index contributed by atoms with van der Waals surface area (Å²) >= 11 is 5.95. The van der Waals surface area contributed by atoms with Gasteiger partial charge in [0.2, 0.25) is 0 Å². The minimum atomic E-state index is -4.16. The fraction of sp³-hybridized carbons (Fsp3) is 0.500. The molecule has 0 aliphatic heterocycles. The minimum absolute atomic E-state index is 0. The normalized spacial score (nSPS) is 21.0. The van der Waals surface area contributed by atoms with Crippen LogP contribution in [0.25, 0.3) is 0 Å². The maximum Gasteiger partial charge on any atom is 0.390 e. The van der Waals surface area contributed by atoms with E-state index in [2.05, 4.69) is 15.6 Å². The number of nitrogens with one attached hydrogen (secondary N) is 2. The molecule has 0 heterocycles. The van der Waals surface area contributed by atoms with E-state index in [1.807, 2.05) is 24.3 Å². The van der Waals surface area contributed by atoms with Crippen LogP contribution in [0.1, 0.15) is 24.3 Å². The van der Waals surface area contributed by atoms with Crippen molar-refractivity contribution < 1.29 is 13.2 Å². The summed E-state index contributed by atoms with van der Waals surface area (Å²) in [5.41, 5.74) is 1.13. The first-order valence-corrected chi connectivity index (χ1v) is 7.06. The highest BCUT2D eigenvalue weighted by molar-refractivity contribution is 14.0. The summed E-state index contributed by atoms with van der Waals surface area (Å²) in [5, 5.41) is 6.48. The molecular formula is C14H18ClF3IN3. The molecule has 1 aromatic rings. The van der Waals surface area contributed by atoms with Gasteiger partial charge in [0.15, 0.2) is 5.96 Å². The predicted octanol–water partition coefficient (Wildman–Crippen LogP) is 3.93. The van der Waals surface area contributed by atoms with Crippen LogP contribution in [0.15, 0.2) is 29.3 Å². The van der Waals surface area contributed by atoms with E-state index in [1.54, 1.807) is 7.05 Å². The van der Waals surface area contributed by atoms with Gasteiger partial charge in [0.1, 0.15) is 0 Å². The lowest BCUT2D eigenvalue weighted by atomic mass is 10.1. The van der Waals surface area contributed by atoms with Crippen LogP contribution in [-0.2, 0) is 0 Å². The molecule has 3 nitrogen and oxygen atoms in total. The summed E-state index contributed by atoms with van der Waals surface area (Å²) in [6.07, 6.45) is -4.12. The highest BCUT2D eigenvalue weighted by Crippen LogP contribution is 2.41. The van der Waals surface area contributed by atoms with Crippen molar-refractivity contribution in [3.05, 3.63) is 34.9 Å². The monoisotopic (exact) mass is 447 g/mol. The second-order valence-electron chi connectivity index (χ2n) is 5.01. The number of benzene rings is 1. The average Bonchev–Trinajstić information content (AvgIpc) is 3.15. The third kappa shape index (κ3) is 6.20. The molecule has 2 unspecified atom stereocenters. The van der Waals surface area contributed by atoms with Gasteiger partial charge in [0.05, 0.1) is 6.42 Å². The van der Waals surface area contributed by atoms with Crippen LogP contribution < -0.4 is 10.6 Å². The standard InChI is InChI=1S/C14H17ClF3N3.HI/c1-19-13(20-6-5-14(16,17)18)21-12-8-11(12)9-3-2-4-10(15)7-9;/h2-4,7,11-12H,5-6,8H2,1H3,(H2,19,20,21);1H. The third-order valence-corrected chi connectivity index (χ3v) is 3.55. The summed E-state index contributed by atoms with van der Waals surface area (Å²) in [7, 11) is 1.54. The van der Waals surface area contributed by atoms with Crippen molar-refractivity contribution in [3.63, 3.8) is 0 Å². The molecule has 0 radical (unpaired) electrons. The Balaban J connectivity index is 0.00000242. The Labute approximate surface area is 149 Å². The second kappa shape index (κ2) is 8.24. The van der Waals surface area contributed by atoms with E-state index in [0.29, 0.717) is 16.9 Å². The van der Waals surface area contributed by atoms with Crippen molar-refractivity contribution in [1.29, 1.82) is 0 Å². The van der Waals surface area contributed by atoms with E-state index in [0.717, 1.165) is 12.0 Å². The van der Waals surface area contributed by atoms with Gasteiger partial charge >= 0.3 is 6.18 Å². The molecule has 1 saturated carbocycles. The largest absolute Gasteiger partial charge is 0.390 e. The van der Waals surface area contributed by atoms with E-state index >= 15 is 0 Å². The van der Waals surface area contributed by atoms with Gasteiger partial charge in [0, 0.05) is 30.6 Å². The molecule has 0 amide bonds. The number of nitrogens with zero attached hydrogens (tertiary/aromatic N) is 1. The van der Waals surface area contributed by atoms with E-state index in [9.17, 15) is 13.2 Å². The van der Waals surface area contributed by atoms with Crippen molar-refractivity contribution >= 4 is 41.5 Å². The van der Waals surface area contributed by atoms with Gasteiger partial charge in [0.25, 0.3) is 0 Å². The van der Waals surface area contributed by atoms with Crippen LogP contribution in [0.3, 0.4) is 0 Å². The first kappa shape index (κ1) is 19.3. The van der Waals surface area contributed by atoms with Crippen LogP contribution in [0.2, 0.25) is 5.02 Å². The molecule has 2 rings (SSSR count). The zero-order valence-corrected chi connectivity index (χ0v) is 15.0. The molecule has 1 fully saturated rings. The Bertz CT molecular complexity index is 522. The number of alkyl halides is 3. The maximum absolute atomic E-state index is 12.1. The van der Waals surface area contributed by atoms with E-state index in [1.165, 1.54) is 0 Å². The first-order valence-electron chi connectivity index (χ1n) is 6.68. The molecule has 0 bridgehead atoms. The second-order valence-corrected chi connectivity index (χ2v) is 5.45. The summed E-state index contributed by atoms with van der Waals surface area (Å²) in [6.45, 7) is -0.183. The van der Waals surface area contributed by atoms with Crippen LogP contribution in [0, 0.1) is 0 Å². The molecular weight excluding hydrogens is 430 g/mol. The number of guanidine groups is 1. The van der Waals surface area contributed by atoms with Crippen LogP contribution >= 0.6 is 35.6 Å². The molecule has 124 valence electrons. The molecule has 2 N–H and O–H groups in total. The van der Waals surface area contributed by atoms with Gasteiger partial charge in [-0.2, -0.15) is 13.2 Å². The molecule has 1 aliphatic rings. The zero-order valence-electron chi connectivity index (χ0n) is 12.0. The highest BCUT2D eigenvalue weighted by Gasteiger charge is 2.39. The number of halogens is 5. The zero-order chi connectivity index (χ0) is 15.5. The van der Waals surface area contributed by atoms with Crippen molar-refractivity contribution in [3.8, 4) is 0 Å². The van der Waals surface area contributed by atoms with Crippen LogP contribution in [-0.4, -0.2) is 31.8 Å². The number of hydrogen-bond donors (Lipinski definition) is 2. The van der Waals surface area contributed by atoms with E-state index < -0.39 is 12.6 Å². The number of rotatable bonds is 4. The van der Waals surface area contributed by atoms with Crippen molar-refractivity contribution in [2.75, 3.05) is 13.6 Å². The SMILES string of the molecule is CN=C(NCCC(F)(F)F)NC1CC1c1cccc(Cl)c1.I. The quantitative estimate of drug-likeness (QED) is 0.417. The summed E-state index contributed by atoms with van der Waals surface area (Å²) in [4.78, 5) is 3.93. The van der Waals surface area contributed by atoms with Crippen LogP contribution in [0.5, 0.6) is 0 Å². The Hall–Kier alpha value is -0.700. The molecule has 1 aromatic carbocycles. The lowest BCUT2D eigenvalue weighted by Crippen LogP contribution is -2.40. The summed E-state index contributed by atoms with van der Waals surface area (Å²) < 4.78 is 36.3. The smallest absolute Gasteiger partial charge is 0.356 e. The van der Waals surface area contributed by atoms with Gasteiger partial charge in [-0.1, -0.05) is 23.7 Å². The van der Waals surface area contributed by atoms with E-state index in [4.69, 9.17) is 11.6 Å². The Morgan fingerprint density at radius 3 is 2.73 bits per heavy atom. The fourth-order valence-corrected chi connectivity index (χ4v) is 2.35. The molecule has 8 heteroatoms. The first-order chi connectivity index (χ1) is 9.89. The molecule has 0 spiro atoms. The highest BCUT2D eigenvalue weighted by atomic mass is 127. The lowest BCUT2D eigenvalue weighted by molar-refractivity contribution is -0.132. The molecule has 1 aliphatic carbocycles. The Kier molecular flexibility index (Phi) is 7.24. The van der Waals surface area contributed by atoms with Crippen molar-refractivity contribution in [2.45, 2.75) is 31.0 Å². The summed E-state index contributed by atoms with van der Waals surface area (Å²) in [5.74, 6) is 0.721. The van der Waals surface area contributed by atoms with E-state index in [-0.39, 0.29) is 36.6 Å². The third-order valence-electron chi connectivity index (χ3n) is 3.31. The molecule has 22 heavy (non-hydrogen) atoms. The minimum Gasteiger partial charge on any atom is -0.356 e. The topological polar surface area (TPSA) is 36.4 Å². The fourth-order valence-electron chi connectivity index (χ4n) is 2.15. The van der Waals surface area contributed by atoms with Gasteiger partial charge in [-0.05, 0) is 24.1 Å². The van der Waals surface area contributed by atoms with Gasteiger partial charge in [-0.15, -0.1) is 24.0 Å². The molecule has 0 aromatic heterocycles. The maximum atomic E-state index is 12.1. The van der Waals surface area contributed by atoms with Crippen molar-refractivity contribution in [2.24, 2.45) is 4.99 Å². The van der Waals surface area contributed by atoms with Gasteiger partial charge in [-0.3, -0.25) is 4.99 Å². The summed E-state index contributed by atoms with van der Waals surface area (Å²) in [6, 6.07) is 7.79. The average molecular weight is 448 g/mol. The predicted molar refractivity (Wildman–Crippen MR) is 93.2 cm³/mol. The molecule has 0 saturated heterocycles.